The molecule has 0 spiro atoms. The minimum absolute atomic E-state index is 0.0249. The molecule has 3 aromatic rings. The molecule has 5 nitrogen and oxygen atoms in total. The lowest BCUT2D eigenvalue weighted by atomic mass is 10.00. The molecule has 3 rings (SSSR count). The molecule has 0 saturated heterocycles. The van der Waals surface area contributed by atoms with Crippen molar-refractivity contribution >= 4 is 34.2 Å². The number of rotatable bonds is 5. The number of benzene rings is 1. The monoisotopic (exact) mass is 418 g/mol. The van der Waals surface area contributed by atoms with Gasteiger partial charge < -0.3 is 10.6 Å². The van der Waals surface area contributed by atoms with Crippen molar-refractivity contribution in [2.24, 2.45) is 0 Å². The molecule has 152 valence electrons. The van der Waals surface area contributed by atoms with Crippen LogP contribution < -0.4 is 10.6 Å². The number of hydrogen-bond donors (Lipinski definition) is 2. The van der Waals surface area contributed by atoms with E-state index in [1.165, 1.54) is 19.9 Å². The molecule has 0 atom stereocenters. The van der Waals surface area contributed by atoms with Crippen LogP contribution in [0.1, 0.15) is 25.8 Å². The zero-order chi connectivity index (χ0) is 21.2. The summed E-state index contributed by atoms with van der Waals surface area (Å²) in [6.45, 7) is 4.77. The highest BCUT2D eigenvalue weighted by molar-refractivity contribution is 6.30. The van der Waals surface area contributed by atoms with Crippen molar-refractivity contribution < 1.29 is 13.6 Å². The second-order valence-electron chi connectivity index (χ2n) is 7.42. The first kappa shape index (κ1) is 20.9. The molecule has 0 fully saturated rings. The molecule has 29 heavy (non-hydrogen) atoms. The second kappa shape index (κ2) is 8.29. The van der Waals surface area contributed by atoms with E-state index in [1.807, 2.05) is 6.07 Å². The first-order valence-corrected chi connectivity index (χ1v) is 9.46. The van der Waals surface area contributed by atoms with Crippen molar-refractivity contribution in [3.63, 3.8) is 0 Å². The molecular weight excluding hydrogens is 398 g/mol. The SMILES string of the molecule is Cc1cc(F)c(NC(=O)NCCC(C)(C)F)cc1-c1cnc2cc(Cl)ncc2c1. The standard InChI is InChI=1S/C21H21ClF2N4O/c1-12-6-16(23)18(28-20(29)25-5-4-21(2,3)24)8-15(12)13-7-14-11-27-19(22)9-17(14)26-10-13/h6-11H,4-5H2,1-3H3,(H2,25,28,29). The van der Waals surface area contributed by atoms with E-state index in [1.54, 1.807) is 31.5 Å². The summed E-state index contributed by atoms with van der Waals surface area (Å²) in [6, 6.07) is 5.83. The van der Waals surface area contributed by atoms with Crippen LogP contribution in [-0.2, 0) is 0 Å². The molecule has 1 aromatic carbocycles. The lowest BCUT2D eigenvalue weighted by molar-refractivity contribution is 0.200. The number of urea groups is 1. The largest absolute Gasteiger partial charge is 0.338 e. The van der Waals surface area contributed by atoms with E-state index in [-0.39, 0.29) is 18.7 Å². The zero-order valence-corrected chi connectivity index (χ0v) is 17.1. The maximum absolute atomic E-state index is 14.4. The zero-order valence-electron chi connectivity index (χ0n) is 16.3. The predicted molar refractivity (Wildman–Crippen MR) is 112 cm³/mol. The molecule has 8 heteroatoms. The molecule has 2 aromatic heterocycles. The Kier molecular flexibility index (Phi) is 5.98. The van der Waals surface area contributed by atoms with E-state index in [0.717, 1.165) is 16.5 Å². The van der Waals surface area contributed by atoms with Crippen LogP contribution in [0, 0.1) is 12.7 Å². The molecule has 0 saturated carbocycles. The van der Waals surface area contributed by atoms with Crippen molar-refractivity contribution in [1.29, 1.82) is 0 Å². The molecular formula is C21H21ClF2N4O. The van der Waals surface area contributed by atoms with Gasteiger partial charge in [0.05, 0.1) is 11.2 Å². The van der Waals surface area contributed by atoms with Crippen LogP contribution in [-0.4, -0.2) is 28.2 Å². The Morgan fingerprint density at radius 1 is 1.17 bits per heavy atom. The Hall–Kier alpha value is -2.80. The number of nitrogens with one attached hydrogen (secondary N) is 2. The van der Waals surface area contributed by atoms with Gasteiger partial charge in [0.1, 0.15) is 16.6 Å². The summed E-state index contributed by atoms with van der Waals surface area (Å²) in [5, 5.41) is 6.15. The number of pyridine rings is 2. The van der Waals surface area contributed by atoms with Gasteiger partial charge in [-0.05, 0) is 56.5 Å². The maximum Gasteiger partial charge on any atom is 0.319 e. The fourth-order valence-corrected chi connectivity index (χ4v) is 3.02. The third-order valence-corrected chi connectivity index (χ3v) is 4.62. The number of anilines is 1. The van der Waals surface area contributed by atoms with E-state index >= 15 is 0 Å². The number of nitrogens with zero attached hydrogens (tertiary/aromatic N) is 2. The summed E-state index contributed by atoms with van der Waals surface area (Å²) < 4.78 is 27.9. The number of halogens is 3. The Morgan fingerprint density at radius 3 is 2.66 bits per heavy atom. The van der Waals surface area contributed by atoms with E-state index in [0.29, 0.717) is 16.2 Å². The number of carbonyl (C=O) groups is 1. The number of aromatic nitrogens is 2. The van der Waals surface area contributed by atoms with Crippen molar-refractivity contribution in [3.05, 3.63) is 53.2 Å². The van der Waals surface area contributed by atoms with E-state index in [9.17, 15) is 13.6 Å². The number of carbonyl (C=O) groups excluding carboxylic acids is 1. The van der Waals surface area contributed by atoms with Crippen LogP contribution in [0.4, 0.5) is 19.3 Å². The fourth-order valence-electron chi connectivity index (χ4n) is 2.86. The van der Waals surface area contributed by atoms with Gasteiger partial charge in [-0.3, -0.25) is 4.98 Å². The predicted octanol–water partition coefficient (Wildman–Crippen LogP) is 5.66. The van der Waals surface area contributed by atoms with Gasteiger partial charge >= 0.3 is 6.03 Å². The summed E-state index contributed by atoms with van der Waals surface area (Å²) in [5.41, 5.74) is 1.49. The molecule has 0 aliphatic heterocycles. The number of alkyl halides is 1. The third kappa shape index (κ3) is 5.38. The quantitative estimate of drug-likeness (QED) is 0.525. The summed E-state index contributed by atoms with van der Waals surface area (Å²) in [7, 11) is 0. The lowest BCUT2D eigenvalue weighted by Crippen LogP contribution is -2.32. The van der Waals surface area contributed by atoms with Gasteiger partial charge in [0, 0.05) is 36.0 Å². The van der Waals surface area contributed by atoms with E-state index in [2.05, 4.69) is 20.6 Å². The van der Waals surface area contributed by atoms with Crippen LogP contribution in [0.3, 0.4) is 0 Å². The smallest absolute Gasteiger partial charge is 0.319 e. The van der Waals surface area contributed by atoms with E-state index in [4.69, 9.17) is 11.6 Å². The van der Waals surface area contributed by atoms with Crippen molar-refractivity contribution in [2.45, 2.75) is 32.9 Å². The minimum atomic E-state index is -1.39. The first-order chi connectivity index (χ1) is 13.6. The average molecular weight is 419 g/mol. The number of fused-ring (bicyclic) bond motifs is 1. The van der Waals surface area contributed by atoms with Crippen LogP contribution in [0.25, 0.3) is 22.0 Å². The van der Waals surface area contributed by atoms with Crippen LogP contribution in [0.15, 0.2) is 36.7 Å². The minimum Gasteiger partial charge on any atom is -0.338 e. The van der Waals surface area contributed by atoms with Crippen molar-refractivity contribution in [3.8, 4) is 11.1 Å². The number of aryl methyl sites for hydroxylation is 1. The van der Waals surface area contributed by atoms with Gasteiger partial charge in [0.2, 0.25) is 0 Å². The molecule has 0 aliphatic carbocycles. The van der Waals surface area contributed by atoms with Crippen LogP contribution in [0.2, 0.25) is 5.15 Å². The van der Waals surface area contributed by atoms with E-state index < -0.39 is 17.5 Å². The Labute approximate surface area is 172 Å². The molecule has 0 aliphatic rings. The number of amides is 2. The van der Waals surface area contributed by atoms with Gasteiger partial charge in [-0.2, -0.15) is 0 Å². The average Bonchev–Trinajstić information content (AvgIpc) is 2.62. The maximum atomic E-state index is 14.4. The van der Waals surface area contributed by atoms with Gasteiger partial charge in [-0.15, -0.1) is 0 Å². The van der Waals surface area contributed by atoms with Gasteiger partial charge in [0.15, 0.2) is 0 Å². The Morgan fingerprint density at radius 2 is 1.93 bits per heavy atom. The molecule has 0 bridgehead atoms. The van der Waals surface area contributed by atoms with Crippen LogP contribution >= 0.6 is 11.6 Å². The summed E-state index contributed by atoms with van der Waals surface area (Å²) in [5.74, 6) is -0.561. The third-order valence-electron chi connectivity index (χ3n) is 4.41. The molecule has 0 radical (unpaired) electrons. The Balaban J connectivity index is 1.84. The second-order valence-corrected chi connectivity index (χ2v) is 7.81. The highest BCUT2D eigenvalue weighted by atomic mass is 35.5. The molecule has 0 unspecified atom stereocenters. The normalized spacial score (nSPS) is 11.5. The summed E-state index contributed by atoms with van der Waals surface area (Å²) >= 11 is 5.89. The topological polar surface area (TPSA) is 66.9 Å². The Bertz CT molecular complexity index is 1070. The molecule has 2 amide bonds. The summed E-state index contributed by atoms with van der Waals surface area (Å²) in [4.78, 5) is 20.5. The fraction of sp³-hybridized carbons (Fsp3) is 0.286. The molecule has 2 N–H and O–H groups in total. The van der Waals surface area contributed by atoms with Gasteiger partial charge in [-0.1, -0.05) is 11.6 Å². The lowest BCUT2D eigenvalue weighted by Gasteiger charge is -2.15. The van der Waals surface area contributed by atoms with Gasteiger partial charge in [-0.25, -0.2) is 18.6 Å². The summed E-state index contributed by atoms with van der Waals surface area (Å²) in [6.07, 6.45) is 3.43. The number of hydrogen-bond acceptors (Lipinski definition) is 3. The van der Waals surface area contributed by atoms with Crippen LogP contribution in [0.5, 0.6) is 0 Å². The van der Waals surface area contributed by atoms with Crippen molar-refractivity contribution in [2.75, 3.05) is 11.9 Å². The van der Waals surface area contributed by atoms with Gasteiger partial charge in [0.25, 0.3) is 0 Å². The highest BCUT2D eigenvalue weighted by Crippen LogP contribution is 2.30. The first-order valence-electron chi connectivity index (χ1n) is 9.08. The van der Waals surface area contributed by atoms with Crippen molar-refractivity contribution in [1.82, 2.24) is 15.3 Å². The highest BCUT2D eigenvalue weighted by Gasteiger charge is 2.16. The molecule has 2 heterocycles.